The molecule has 49 heavy (non-hydrogen) atoms. The Morgan fingerprint density at radius 2 is 1.47 bits per heavy atom. The molecular weight excluding hydrogens is 612 g/mol. The van der Waals surface area contributed by atoms with Crippen molar-refractivity contribution in [1.82, 2.24) is 4.90 Å². The Bertz CT molecular complexity index is 1620. The van der Waals surface area contributed by atoms with Crippen LogP contribution in [0.2, 0.25) is 0 Å². The number of carbonyl (C=O) groups is 3. The first-order valence-corrected chi connectivity index (χ1v) is 17.6. The molecule has 1 aliphatic rings. The zero-order valence-electron chi connectivity index (χ0n) is 28.5. The number of hydrogen-bond donors (Lipinski definition) is 1. The van der Waals surface area contributed by atoms with Gasteiger partial charge in [0, 0.05) is 42.7 Å². The van der Waals surface area contributed by atoms with Gasteiger partial charge in [-0.1, -0.05) is 117 Å². The number of rotatable bonds is 17. The molecule has 256 valence electrons. The van der Waals surface area contributed by atoms with Crippen molar-refractivity contribution in [3.8, 4) is 5.75 Å². The van der Waals surface area contributed by atoms with E-state index in [0.29, 0.717) is 55.3 Å². The maximum Gasteiger partial charge on any atom is 0.328 e. The fourth-order valence-corrected chi connectivity index (χ4v) is 6.54. The molecule has 1 fully saturated rings. The molecule has 1 aliphatic carbocycles. The van der Waals surface area contributed by atoms with Gasteiger partial charge in [-0.05, 0) is 54.2 Å². The Morgan fingerprint density at radius 3 is 2.18 bits per heavy atom. The summed E-state index contributed by atoms with van der Waals surface area (Å²) in [5, 5.41) is 3.26. The van der Waals surface area contributed by atoms with Gasteiger partial charge in [-0.2, -0.15) is 0 Å². The van der Waals surface area contributed by atoms with E-state index in [4.69, 9.17) is 9.47 Å². The standard InChI is InChI=1S/C42H48N2O5/c1-48-42(47)39(43-38-21-12-11-20-37(38)41(46)35-18-9-4-10-19-35)30-33-22-25-36(26-23-33)49-29-13-28-44(31-34-16-7-3-8-17-34)40(45)27-24-32-14-5-2-6-15-32/h3-4,7-12,16-23,25-26,32,39,43H,2,5-6,13-15,24,27-31H2,1H3/t39-/m0/s1. The molecule has 0 bridgehead atoms. The van der Waals surface area contributed by atoms with Crippen LogP contribution in [0.4, 0.5) is 5.69 Å². The second-order valence-electron chi connectivity index (χ2n) is 12.9. The number of hydrogen-bond acceptors (Lipinski definition) is 6. The number of para-hydroxylation sites is 1. The van der Waals surface area contributed by atoms with E-state index < -0.39 is 12.0 Å². The highest BCUT2D eigenvalue weighted by atomic mass is 16.5. The molecule has 7 heteroatoms. The first kappa shape index (κ1) is 35.4. The molecule has 4 aromatic carbocycles. The highest BCUT2D eigenvalue weighted by Crippen LogP contribution is 2.28. The molecular formula is C42H48N2O5. The van der Waals surface area contributed by atoms with Gasteiger partial charge in [-0.25, -0.2) is 4.79 Å². The lowest BCUT2D eigenvalue weighted by Crippen LogP contribution is -2.33. The maximum absolute atomic E-state index is 13.3. The second kappa shape index (κ2) is 18.6. The van der Waals surface area contributed by atoms with Crippen molar-refractivity contribution in [2.24, 2.45) is 5.92 Å². The summed E-state index contributed by atoms with van der Waals surface area (Å²) in [4.78, 5) is 41.4. The molecule has 4 aromatic rings. The Labute approximate surface area is 290 Å². The van der Waals surface area contributed by atoms with Crippen molar-refractivity contribution in [2.45, 2.75) is 70.4 Å². The Kier molecular flexibility index (Phi) is 13.4. The van der Waals surface area contributed by atoms with Gasteiger partial charge in [-0.15, -0.1) is 0 Å². The first-order valence-electron chi connectivity index (χ1n) is 17.6. The summed E-state index contributed by atoms with van der Waals surface area (Å²) in [5.74, 6) is 1.08. The van der Waals surface area contributed by atoms with Crippen molar-refractivity contribution >= 4 is 23.3 Å². The van der Waals surface area contributed by atoms with Gasteiger partial charge in [0.15, 0.2) is 5.78 Å². The Balaban J connectivity index is 1.14. The van der Waals surface area contributed by atoms with Crippen LogP contribution in [0, 0.1) is 5.92 Å². The molecule has 0 saturated heterocycles. The number of nitrogens with one attached hydrogen (secondary N) is 1. The van der Waals surface area contributed by atoms with Crippen LogP contribution in [0.25, 0.3) is 0 Å². The van der Waals surface area contributed by atoms with E-state index in [9.17, 15) is 14.4 Å². The monoisotopic (exact) mass is 660 g/mol. The smallest absolute Gasteiger partial charge is 0.328 e. The largest absolute Gasteiger partial charge is 0.494 e. The number of amides is 1. The van der Waals surface area contributed by atoms with Crippen LogP contribution in [0.3, 0.4) is 0 Å². The highest BCUT2D eigenvalue weighted by molar-refractivity contribution is 6.12. The lowest BCUT2D eigenvalue weighted by atomic mass is 9.86. The Morgan fingerprint density at radius 1 is 0.796 bits per heavy atom. The van der Waals surface area contributed by atoms with Gasteiger partial charge in [0.2, 0.25) is 5.91 Å². The minimum atomic E-state index is -0.701. The topological polar surface area (TPSA) is 84.9 Å². The van der Waals surface area contributed by atoms with Crippen LogP contribution in [0.1, 0.15) is 78.4 Å². The van der Waals surface area contributed by atoms with Crippen LogP contribution in [-0.4, -0.2) is 48.9 Å². The number of anilines is 1. The SMILES string of the molecule is COC(=O)[C@H](Cc1ccc(OCCCN(Cc2ccccc2)C(=O)CCC2CCCCC2)cc1)Nc1ccccc1C(=O)c1ccccc1. The minimum Gasteiger partial charge on any atom is -0.494 e. The van der Waals surface area contributed by atoms with E-state index in [1.165, 1.54) is 39.2 Å². The van der Waals surface area contributed by atoms with E-state index in [1.807, 2.05) is 77.7 Å². The molecule has 1 saturated carbocycles. The van der Waals surface area contributed by atoms with E-state index in [1.54, 1.807) is 24.3 Å². The number of carbonyl (C=O) groups excluding carboxylic acids is 3. The minimum absolute atomic E-state index is 0.124. The van der Waals surface area contributed by atoms with Crippen LogP contribution in [0.5, 0.6) is 5.75 Å². The molecule has 0 spiro atoms. The lowest BCUT2D eigenvalue weighted by molar-refractivity contribution is -0.141. The molecule has 1 atom stereocenters. The molecule has 1 amide bonds. The summed E-state index contributed by atoms with van der Waals surface area (Å²) in [6.07, 6.45) is 9.08. The van der Waals surface area contributed by atoms with Gasteiger partial charge in [0.25, 0.3) is 0 Å². The van der Waals surface area contributed by atoms with Gasteiger partial charge in [0.1, 0.15) is 11.8 Å². The molecule has 1 N–H and O–H groups in total. The predicted molar refractivity (Wildman–Crippen MR) is 194 cm³/mol. The predicted octanol–water partition coefficient (Wildman–Crippen LogP) is 8.27. The first-order chi connectivity index (χ1) is 24.0. The normalized spacial score (nSPS) is 13.7. The summed E-state index contributed by atoms with van der Waals surface area (Å²) >= 11 is 0. The molecule has 0 aliphatic heterocycles. The highest BCUT2D eigenvalue weighted by Gasteiger charge is 2.23. The van der Waals surface area contributed by atoms with E-state index in [-0.39, 0.29) is 11.7 Å². The third-order valence-electron chi connectivity index (χ3n) is 9.29. The quantitative estimate of drug-likeness (QED) is 0.0697. The second-order valence-corrected chi connectivity index (χ2v) is 12.9. The molecule has 0 heterocycles. The van der Waals surface area contributed by atoms with Crippen molar-refractivity contribution in [3.63, 3.8) is 0 Å². The molecule has 5 rings (SSSR count). The number of ether oxygens (including phenoxy) is 2. The van der Waals surface area contributed by atoms with Gasteiger partial charge < -0.3 is 19.7 Å². The Hall–Kier alpha value is -4.91. The van der Waals surface area contributed by atoms with Crippen LogP contribution >= 0.6 is 0 Å². The summed E-state index contributed by atoms with van der Waals surface area (Å²) in [6.45, 7) is 1.73. The van der Waals surface area contributed by atoms with Crippen molar-refractivity contribution in [2.75, 3.05) is 25.6 Å². The molecule has 7 nitrogen and oxygen atoms in total. The average molecular weight is 661 g/mol. The molecule has 0 aromatic heterocycles. The fourth-order valence-electron chi connectivity index (χ4n) is 6.54. The third-order valence-corrected chi connectivity index (χ3v) is 9.29. The zero-order valence-corrected chi connectivity index (χ0v) is 28.5. The van der Waals surface area contributed by atoms with Crippen LogP contribution < -0.4 is 10.1 Å². The average Bonchev–Trinajstić information content (AvgIpc) is 3.16. The van der Waals surface area contributed by atoms with Crippen molar-refractivity contribution in [3.05, 3.63) is 131 Å². The van der Waals surface area contributed by atoms with Crippen LogP contribution in [0.15, 0.2) is 109 Å². The number of ketones is 1. The number of nitrogens with zero attached hydrogens (tertiary/aromatic N) is 1. The summed E-state index contributed by atoms with van der Waals surface area (Å²) < 4.78 is 11.2. The summed E-state index contributed by atoms with van der Waals surface area (Å²) in [6, 6.07) is 33.4. The lowest BCUT2D eigenvalue weighted by Gasteiger charge is -2.25. The van der Waals surface area contributed by atoms with E-state index >= 15 is 0 Å². The van der Waals surface area contributed by atoms with Crippen molar-refractivity contribution < 1.29 is 23.9 Å². The van der Waals surface area contributed by atoms with E-state index in [0.717, 1.165) is 29.7 Å². The van der Waals surface area contributed by atoms with Gasteiger partial charge >= 0.3 is 5.97 Å². The fraction of sp³-hybridized carbons (Fsp3) is 0.357. The van der Waals surface area contributed by atoms with Crippen LogP contribution in [-0.2, 0) is 27.3 Å². The summed E-state index contributed by atoms with van der Waals surface area (Å²) in [5.41, 5.74) is 3.68. The number of benzene rings is 4. The molecule has 0 unspecified atom stereocenters. The van der Waals surface area contributed by atoms with Crippen molar-refractivity contribution in [1.29, 1.82) is 0 Å². The molecule has 0 radical (unpaired) electrons. The number of methoxy groups -OCH3 is 1. The van der Waals surface area contributed by atoms with Gasteiger partial charge in [-0.3, -0.25) is 9.59 Å². The van der Waals surface area contributed by atoms with E-state index in [2.05, 4.69) is 17.4 Å². The number of esters is 1. The zero-order chi connectivity index (χ0) is 34.3. The summed E-state index contributed by atoms with van der Waals surface area (Å²) in [7, 11) is 1.36. The third kappa shape index (κ3) is 10.8. The van der Waals surface area contributed by atoms with Gasteiger partial charge in [0.05, 0.1) is 13.7 Å². The maximum atomic E-state index is 13.3.